The molecule has 0 saturated heterocycles. The Bertz CT molecular complexity index is 669. The van der Waals surface area contributed by atoms with Crippen molar-refractivity contribution in [2.45, 2.75) is 38.1 Å². The van der Waals surface area contributed by atoms with E-state index in [9.17, 15) is 9.59 Å². The third-order valence-corrected chi connectivity index (χ3v) is 4.85. The van der Waals surface area contributed by atoms with Gasteiger partial charge in [0.15, 0.2) is 11.5 Å². The van der Waals surface area contributed by atoms with Crippen LogP contribution in [0.4, 0.5) is 4.79 Å². The number of hydrogen-bond donors (Lipinski definition) is 2. The summed E-state index contributed by atoms with van der Waals surface area (Å²) >= 11 is 0. The van der Waals surface area contributed by atoms with Crippen LogP contribution in [0.5, 0.6) is 11.5 Å². The first kappa shape index (κ1) is 17.4. The van der Waals surface area contributed by atoms with Crippen LogP contribution in [0, 0.1) is 5.92 Å². The van der Waals surface area contributed by atoms with Crippen LogP contribution in [-0.2, 0) is 14.9 Å². The molecule has 0 spiro atoms. The Balaban J connectivity index is 1.63. The Hall–Kier alpha value is -2.44. The lowest BCUT2D eigenvalue weighted by Gasteiger charge is -2.23. The van der Waals surface area contributed by atoms with Crippen molar-refractivity contribution in [3.63, 3.8) is 0 Å². The maximum absolute atomic E-state index is 12.5. The molecule has 1 fully saturated rings. The second-order valence-corrected chi connectivity index (χ2v) is 6.92. The molecule has 0 radical (unpaired) electrons. The van der Waals surface area contributed by atoms with Gasteiger partial charge >= 0.3 is 6.09 Å². The van der Waals surface area contributed by atoms with Crippen LogP contribution in [0.25, 0.3) is 0 Å². The monoisotopic (exact) mass is 348 g/mol. The summed E-state index contributed by atoms with van der Waals surface area (Å²) in [5.74, 6) is 1.26. The molecule has 1 atom stereocenters. The topological polar surface area (TPSA) is 85.9 Å². The molecule has 1 aromatic rings. The second-order valence-electron chi connectivity index (χ2n) is 6.92. The number of alkyl carbamates (subject to hydrolysis) is 1. The van der Waals surface area contributed by atoms with Gasteiger partial charge in [-0.05, 0) is 36.5 Å². The van der Waals surface area contributed by atoms with Crippen molar-refractivity contribution in [2.75, 3.05) is 20.4 Å². The Kier molecular flexibility index (Phi) is 4.74. The van der Waals surface area contributed by atoms with Crippen molar-refractivity contribution >= 4 is 12.0 Å². The lowest BCUT2D eigenvalue weighted by atomic mass is 9.95. The highest BCUT2D eigenvalue weighted by atomic mass is 16.7. The van der Waals surface area contributed by atoms with E-state index in [1.807, 2.05) is 32.0 Å². The Morgan fingerprint density at radius 2 is 1.96 bits per heavy atom. The molecule has 0 aromatic heterocycles. The number of carbonyl (C=O) groups is 2. The van der Waals surface area contributed by atoms with Gasteiger partial charge in [-0.1, -0.05) is 19.9 Å². The number of methoxy groups -OCH3 is 1. The summed E-state index contributed by atoms with van der Waals surface area (Å²) in [5.41, 5.74) is 1.07. The van der Waals surface area contributed by atoms with Crippen LogP contribution < -0.4 is 20.1 Å². The highest BCUT2D eigenvalue weighted by Gasteiger charge is 2.45. The molecule has 1 heterocycles. The van der Waals surface area contributed by atoms with E-state index in [0.29, 0.717) is 6.54 Å². The molecule has 1 aromatic carbocycles. The standard InChI is InChI=1S/C18H24N2O5/c1-11(2)15(20-17(22)23-3)16(21)19-9-18(6-7-18)12-4-5-13-14(8-12)25-10-24-13/h4-5,8,11,15H,6-7,9-10H2,1-3H3,(H,19,21)(H,20,22)/t15-/m0/s1. The van der Waals surface area contributed by atoms with E-state index < -0.39 is 12.1 Å². The van der Waals surface area contributed by atoms with Crippen molar-refractivity contribution in [3.8, 4) is 11.5 Å². The summed E-state index contributed by atoms with van der Waals surface area (Å²) < 4.78 is 15.4. The molecule has 25 heavy (non-hydrogen) atoms. The van der Waals surface area contributed by atoms with Crippen LogP contribution in [0.2, 0.25) is 0 Å². The van der Waals surface area contributed by atoms with Crippen molar-refractivity contribution in [1.82, 2.24) is 10.6 Å². The number of ether oxygens (including phenoxy) is 3. The maximum Gasteiger partial charge on any atom is 0.407 e. The number of carbonyl (C=O) groups excluding carboxylic acids is 2. The van der Waals surface area contributed by atoms with Crippen LogP contribution in [0.1, 0.15) is 32.3 Å². The number of nitrogens with one attached hydrogen (secondary N) is 2. The van der Waals surface area contributed by atoms with E-state index >= 15 is 0 Å². The molecule has 2 amide bonds. The number of hydrogen-bond acceptors (Lipinski definition) is 5. The van der Waals surface area contributed by atoms with E-state index in [0.717, 1.165) is 29.9 Å². The minimum Gasteiger partial charge on any atom is -0.454 e. The zero-order valence-electron chi connectivity index (χ0n) is 14.8. The maximum atomic E-state index is 12.5. The van der Waals surface area contributed by atoms with Crippen LogP contribution in [-0.4, -0.2) is 38.5 Å². The molecule has 2 aliphatic rings. The molecule has 0 bridgehead atoms. The third kappa shape index (κ3) is 3.65. The van der Waals surface area contributed by atoms with Gasteiger partial charge in [-0.25, -0.2) is 4.79 Å². The van der Waals surface area contributed by atoms with Crippen LogP contribution in [0.3, 0.4) is 0 Å². The summed E-state index contributed by atoms with van der Waals surface area (Å²) in [7, 11) is 1.28. The smallest absolute Gasteiger partial charge is 0.407 e. The fourth-order valence-electron chi connectivity index (χ4n) is 3.03. The van der Waals surface area contributed by atoms with Gasteiger partial charge in [0, 0.05) is 12.0 Å². The molecule has 7 heteroatoms. The third-order valence-electron chi connectivity index (χ3n) is 4.85. The first-order chi connectivity index (χ1) is 11.9. The zero-order chi connectivity index (χ0) is 18.0. The van der Waals surface area contributed by atoms with Crippen molar-refractivity contribution in [1.29, 1.82) is 0 Å². The number of amides is 2. The minimum absolute atomic E-state index is 0.0419. The molecular weight excluding hydrogens is 324 g/mol. The first-order valence-electron chi connectivity index (χ1n) is 8.47. The van der Waals surface area contributed by atoms with E-state index in [1.54, 1.807) is 0 Å². The van der Waals surface area contributed by atoms with E-state index in [1.165, 1.54) is 7.11 Å². The largest absolute Gasteiger partial charge is 0.454 e. The average Bonchev–Trinajstić information content (AvgIpc) is 3.25. The average molecular weight is 348 g/mol. The van der Waals surface area contributed by atoms with Gasteiger partial charge in [-0.2, -0.15) is 0 Å². The summed E-state index contributed by atoms with van der Waals surface area (Å²) in [6, 6.07) is 5.31. The van der Waals surface area contributed by atoms with Gasteiger partial charge in [0.1, 0.15) is 6.04 Å². The number of benzene rings is 1. The molecule has 1 aliphatic carbocycles. The molecule has 1 aliphatic heterocycles. The molecular formula is C18H24N2O5. The summed E-state index contributed by atoms with van der Waals surface area (Å²) in [6.45, 7) is 4.53. The lowest BCUT2D eigenvalue weighted by molar-refractivity contribution is -0.124. The van der Waals surface area contributed by atoms with Gasteiger partial charge in [-0.3, -0.25) is 4.79 Å². The van der Waals surface area contributed by atoms with Gasteiger partial charge < -0.3 is 24.8 Å². The Labute approximate surface area is 147 Å². The summed E-state index contributed by atoms with van der Waals surface area (Å²) in [6.07, 6.45) is 1.40. The highest BCUT2D eigenvalue weighted by Crippen LogP contribution is 2.49. The number of rotatable bonds is 6. The van der Waals surface area contributed by atoms with Gasteiger partial charge in [0.2, 0.25) is 12.7 Å². The van der Waals surface area contributed by atoms with Gasteiger partial charge in [0.25, 0.3) is 0 Å². The molecule has 0 unspecified atom stereocenters. The van der Waals surface area contributed by atoms with Crippen molar-refractivity contribution in [3.05, 3.63) is 23.8 Å². The SMILES string of the molecule is COC(=O)N[C@H](C(=O)NCC1(c2ccc3c(c2)OCO3)CC1)C(C)C. The van der Waals surface area contributed by atoms with Crippen LogP contribution >= 0.6 is 0 Å². The molecule has 136 valence electrons. The van der Waals surface area contributed by atoms with E-state index in [4.69, 9.17) is 9.47 Å². The Morgan fingerprint density at radius 1 is 1.24 bits per heavy atom. The predicted molar refractivity (Wildman–Crippen MR) is 90.7 cm³/mol. The molecule has 2 N–H and O–H groups in total. The predicted octanol–water partition coefficient (Wildman–Crippen LogP) is 1.94. The van der Waals surface area contributed by atoms with E-state index in [2.05, 4.69) is 15.4 Å². The first-order valence-corrected chi connectivity index (χ1v) is 8.47. The van der Waals surface area contributed by atoms with E-state index in [-0.39, 0.29) is 24.0 Å². The number of fused-ring (bicyclic) bond motifs is 1. The highest BCUT2D eigenvalue weighted by molar-refractivity contribution is 5.86. The van der Waals surface area contributed by atoms with Crippen molar-refractivity contribution in [2.24, 2.45) is 5.92 Å². The Morgan fingerprint density at radius 3 is 2.60 bits per heavy atom. The van der Waals surface area contributed by atoms with Crippen LogP contribution in [0.15, 0.2) is 18.2 Å². The van der Waals surface area contributed by atoms with Crippen molar-refractivity contribution < 1.29 is 23.8 Å². The normalized spacial score (nSPS) is 17.8. The van der Waals surface area contributed by atoms with Gasteiger partial charge in [0.05, 0.1) is 7.11 Å². The molecule has 3 rings (SSSR count). The molecule has 7 nitrogen and oxygen atoms in total. The summed E-state index contributed by atoms with van der Waals surface area (Å²) in [5, 5.41) is 5.57. The lowest BCUT2D eigenvalue weighted by Crippen LogP contribution is -2.51. The zero-order valence-corrected chi connectivity index (χ0v) is 14.8. The quantitative estimate of drug-likeness (QED) is 0.821. The summed E-state index contributed by atoms with van der Waals surface area (Å²) in [4.78, 5) is 23.9. The van der Waals surface area contributed by atoms with Gasteiger partial charge in [-0.15, -0.1) is 0 Å². The fourth-order valence-corrected chi connectivity index (χ4v) is 3.03. The minimum atomic E-state index is -0.625. The molecule has 1 saturated carbocycles. The fraction of sp³-hybridized carbons (Fsp3) is 0.556. The second kappa shape index (κ2) is 6.82.